The van der Waals surface area contributed by atoms with E-state index in [0.29, 0.717) is 11.4 Å². The van der Waals surface area contributed by atoms with Gasteiger partial charge in [0.05, 0.1) is 12.1 Å². The van der Waals surface area contributed by atoms with Crippen molar-refractivity contribution in [1.82, 2.24) is 0 Å². The van der Waals surface area contributed by atoms with Gasteiger partial charge in [-0.2, -0.15) is 0 Å². The predicted molar refractivity (Wildman–Crippen MR) is 59.6 cm³/mol. The summed E-state index contributed by atoms with van der Waals surface area (Å²) in [6.07, 6.45) is 0.204. The number of esters is 1. The second-order valence-electron chi connectivity index (χ2n) is 3.81. The summed E-state index contributed by atoms with van der Waals surface area (Å²) >= 11 is 0. The third-order valence-corrected chi connectivity index (χ3v) is 2.47. The van der Waals surface area contributed by atoms with Gasteiger partial charge in [-0.3, -0.25) is 19.3 Å². The molecule has 0 spiro atoms. The highest BCUT2D eigenvalue weighted by Crippen LogP contribution is 2.32. The first-order chi connectivity index (χ1) is 7.99. The number of imide groups is 1. The molecule has 0 saturated heterocycles. The standard InChI is InChI=1S/C12H11NO4/c1-7(14)13-11-6-10(17-8(2)15)4-3-9(11)5-12(13)16/h3-4,6H,5H2,1-2H3. The molecule has 1 aromatic carbocycles. The maximum atomic E-state index is 11.6. The number of ether oxygens (including phenoxy) is 1. The Morgan fingerprint density at radius 2 is 2.00 bits per heavy atom. The van der Waals surface area contributed by atoms with Crippen LogP contribution in [0.15, 0.2) is 18.2 Å². The van der Waals surface area contributed by atoms with Crippen LogP contribution in [0.25, 0.3) is 0 Å². The Kier molecular flexibility index (Phi) is 2.67. The van der Waals surface area contributed by atoms with Gasteiger partial charge in [-0.25, -0.2) is 0 Å². The maximum Gasteiger partial charge on any atom is 0.308 e. The fourth-order valence-corrected chi connectivity index (χ4v) is 1.85. The molecule has 2 rings (SSSR count). The van der Waals surface area contributed by atoms with E-state index in [2.05, 4.69) is 0 Å². The van der Waals surface area contributed by atoms with Crippen LogP contribution in [0.1, 0.15) is 19.4 Å². The summed E-state index contributed by atoms with van der Waals surface area (Å²) in [5.41, 5.74) is 1.27. The molecule has 1 aliphatic heterocycles. The number of rotatable bonds is 1. The van der Waals surface area contributed by atoms with Gasteiger partial charge >= 0.3 is 5.97 Å². The summed E-state index contributed by atoms with van der Waals surface area (Å²) in [6, 6.07) is 4.83. The smallest absolute Gasteiger partial charge is 0.308 e. The number of fused-ring (bicyclic) bond motifs is 1. The SMILES string of the molecule is CC(=O)Oc1ccc2c(c1)N(C(C)=O)C(=O)C2. The molecule has 2 amide bonds. The fourth-order valence-electron chi connectivity index (χ4n) is 1.85. The van der Waals surface area contributed by atoms with Crippen molar-refractivity contribution in [2.24, 2.45) is 0 Å². The quantitative estimate of drug-likeness (QED) is 0.537. The average Bonchev–Trinajstić information content (AvgIpc) is 2.52. The van der Waals surface area contributed by atoms with Crippen LogP contribution in [0.3, 0.4) is 0 Å². The van der Waals surface area contributed by atoms with Gasteiger partial charge < -0.3 is 4.74 Å². The summed E-state index contributed by atoms with van der Waals surface area (Å²) in [5, 5.41) is 0. The number of nitrogens with zero attached hydrogens (tertiary/aromatic N) is 1. The van der Waals surface area contributed by atoms with E-state index in [1.807, 2.05) is 0 Å². The van der Waals surface area contributed by atoms with Crippen molar-refractivity contribution in [3.63, 3.8) is 0 Å². The lowest BCUT2D eigenvalue weighted by Gasteiger charge is -2.13. The molecule has 5 heteroatoms. The molecule has 1 aliphatic rings. The lowest BCUT2D eigenvalue weighted by Crippen LogP contribution is -2.31. The summed E-state index contributed by atoms with van der Waals surface area (Å²) in [7, 11) is 0. The lowest BCUT2D eigenvalue weighted by atomic mass is 10.1. The van der Waals surface area contributed by atoms with Crippen molar-refractivity contribution in [3.8, 4) is 5.75 Å². The van der Waals surface area contributed by atoms with Gasteiger partial charge in [0.1, 0.15) is 5.75 Å². The highest BCUT2D eigenvalue weighted by atomic mass is 16.5. The number of benzene rings is 1. The van der Waals surface area contributed by atoms with E-state index in [-0.39, 0.29) is 18.2 Å². The van der Waals surface area contributed by atoms with Crippen LogP contribution in [0.5, 0.6) is 5.75 Å². The van der Waals surface area contributed by atoms with E-state index in [9.17, 15) is 14.4 Å². The van der Waals surface area contributed by atoms with E-state index < -0.39 is 5.97 Å². The highest BCUT2D eigenvalue weighted by Gasteiger charge is 2.30. The zero-order valence-electron chi connectivity index (χ0n) is 9.52. The predicted octanol–water partition coefficient (Wildman–Crippen LogP) is 1.05. The maximum absolute atomic E-state index is 11.6. The van der Waals surface area contributed by atoms with Gasteiger partial charge in [0.25, 0.3) is 0 Å². The van der Waals surface area contributed by atoms with Gasteiger partial charge in [-0.1, -0.05) is 6.07 Å². The number of carbonyl (C=O) groups is 3. The van der Waals surface area contributed by atoms with Gasteiger partial charge in [-0.05, 0) is 11.6 Å². The van der Waals surface area contributed by atoms with E-state index in [1.165, 1.54) is 19.9 Å². The molecule has 0 bridgehead atoms. The number of carbonyl (C=O) groups excluding carboxylic acids is 3. The largest absolute Gasteiger partial charge is 0.427 e. The molecule has 1 heterocycles. The van der Waals surface area contributed by atoms with Crippen molar-refractivity contribution in [3.05, 3.63) is 23.8 Å². The normalized spacial score (nSPS) is 13.5. The minimum Gasteiger partial charge on any atom is -0.427 e. The van der Waals surface area contributed by atoms with Crippen LogP contribution in [0.2, 0.25) is 0 Å². The van der Waals surface area contributed by atoms with Crippen molar-refractivity contribution in [2.45, 2.75) is 20.3 Å². The third-order valence-electron chi connectivity index (χ3n) is 2.47. The minimum absolute atomic E-state index is 0.204. The Labute approximate surface area is 98.0 Å². The molecular weight excluding hydrogens is 222 g/mol. The topological polar surface area (TPSA) is 63.7 Å². The van der Waals surface area contributed by atoms with Crippen molar-refractivity contribution >= 4 is 23.5 Å². The molecule has 0 aromatic heterocycles. The Hall–Kier alpha value is -2.17. The van der Waals surface area contributed by atoms with Gasteiger partial charge in [0.2, 0.25) is 11.8 Å². The number of hydrogen-bond donors (Lipinski definition) is 0. The Balaban J connectivity index is 2.41. The summed E-state index contributed by atoms with van der Waals surface area (Å²) in [6.45, 7) is 2.62. The minimum atomic E-state index is -0.441. The number of hydrogen-bond acceptors (Lipinski definition) is 4. The van der Waals surface area contributed by atoms with Gasteiger partial charge in [0.15, 0.2) is 0 Å². The number of anilines is 1. The molecule has 5 nitrogen and oxygen atoms in total. The van der Waals surface area contributed by atoms with Crippen LogP contribution in [0, 0.1) is 0 Å². The third kappa shape index (κ3) is 2.04. The van der Waals surface area contributed by atoms with Crippen LogP contribution in [-0.4, -0.2) is 17.8 Å². The molecule has 88 valence electrons. The average molecular weight is 233 g/mol. The van der Waals surface area contributed by atoms with Crippen LogP contribution in [-0.2, 0) is 20.8 Å². The van der Waals surface area contributed by atoms with Crippen LogP contribution in [0.4, 0.5) is 5.69 Å². The summed E-state index contributed by atoms with van der Waals surface area (Å²) < 4.78 is 4.91. The first-order valence-electron chi connectivity index (χ1n) is 5.14. The monoisotopic (exact) mass is 233 g/mol. The van der Waals surface area contributed by atoms with Crippen LogP contribution >= 0.6 is 0 Å². The van der Waals surface area contributed by atoms with Crippen molar-refractivity contribution in [1.29, 1.82) is 0 Å². The molecule has 0 saturated carbocycles. The van der Waals surface area contributed by atoms with Crippen molar-refractivity contribution < 1.29 is 19.1 Å². The van der Waals surface area contributed by atoms with E-state index in [0.717, 1.165) is 10.5 Å². The van der Waals surface area contributed by atoms with E-state index in [4.69, 9.17) is 4.74 Å². The second kappa shape index (κ2) is 4.01. The molecule has 1 aromatic rings. The molecule has 0 radical (unpaired) electrons. The second-order valence-corrected chi connectivity index (χ2v) is 3.81. The summed E-state index contributed by atoms with van der Waals surface area (Å²) in [4.78, 5) is 34.9. The molecule has 17 heavy (non-hydrogen) atoms. The lowest BCUT2D eigenvalue weighted by molar-refractivity contribution is -0.132. The van der Waals surface area contributed by atoms with Gasteiger partial charge in [-0.15, -0.1) is 0 Å². The first kappa shape index (κ1) is 11.3. The van der Waals surface area contributed by atoms with Crippen molar-refractivity contribution in [2.75, 3.05) is 4.90 Å². The fraction of sp³-hybridized carbons (Fsp3) is 0.250. The zero-order valence-corrected chi connectivity index (χ0v) is 9.52. The molecule has 0 unspecified atom stereocenters. The Morgan fingerprint density at radius 1 is 1.29 bits per heavy atom. The summed E-state index contributed by atoms with van der Waals surface area (Å²) in [5.74, 6) is -0.706. The van der Waals surface area contributed by atoms with Gasteiger partial charge in [0, 0.05) is 19.9 Å². The Bertz CT molecular complexity index is 521. The van der Waals surface area contributed by atoms with E-state index in [1.54, 1.807) is 12.1 Å². The molecular formula is C12H11NO4. The molecule has 0 N–H and O–H groups in total. The molecule has 0 fully saturated rings. The van der Waals surface area contributed by atoms with Crippen LogP contribution < -0.4 is 9.64 Å². The first-order valence-corrected chi connectivity index (χ1v) is 5.14. The molecule has 0 atom stereocenters. The number of amides is 2. The highest BCUT2D eigenvalue weighted by molar-refractivity contribution is 6.18. The molecule has 0 aliphatic carbocycles. The zero-order chi connectivity index (χ0) is 12.6. The van der Waals surface area contributed by atoms with E-state index >= 15 is 0 Å². The Morgan fingerprint density at radius 3 is 2.59 bits per heavy atom.